The Morgan fingerprint density at radius 1 is 1.30 bits per heavy atom. The smallest absolute Gasteiger partial charge is 0.328 e. The molecule has 0 amide bonds. The molecule has 0 atom stereocenters. The maximum atomic E-state index is 10.6. The molecule has 0 bridgehead atoms. The number of carbonyl (C=O) groups is 1. The van der Waals surface area contributed by atoms with E-state index in [1.54, 1.807) is 19.1 Å². The summed E-state index contributed by atoms with van der Waals surface area (Å²) in [4.78, 5) is 10.6. The number of rotatable bonds is 4. The third-order valence-corrected chi connectivity index (χ3v) is 3.80. The first-order valence-corrected chi connectivity index (χ1v) is 7.71. The van der Waals surface area contributed by atoms with E-state index in [0.717, 1.165) is 22.8 Å². The van der Waals surface area contributed by atoms with Crippen LogP contribution < -0.4 is 4.74 Å². The van der Waals surface area contributed by atoms with Crippen molar-refractivity contribution in [2.24, 2.45) is 0 Å². The first kappa shape index (κ1) is 17.4. The molecule has 1 aromatic carbocycles. The summed E-state index contributed by atoms with van der Waals surface area (Å²) in [6.45, 7) is 4.12. The van der Waals surface area contributed by atoms with Gasteiger partial charge < -0.3 is 9.84 Å². The lowest BCUT2D eigenvalue weighted by molar-refractivity contribution is -0.131. The molecule has 0 saturated heterocycles. The first-order chi connectivity index (χ1) is 10.9. The third-order valence-electron chi connectivity index (χ3n) is 3.30. The van der Waals surface area contributed by atoms with E-state index < -0.39 is 5.97 Å². The van der Waals surface area contributed by atoms with Crippen molar-refractivity contribution in [3.05, 3.63) is 68.8 Å². The number of carboxylic acid groups (broad SMARTS) is 1. The van der Waals surface area contributed by atoms with E-state index in [1.165, 1.54) is 0 Å². The summed E-state index contributed by atoms with van der Waals surface area (Å²) in [5.74, 6) is -0.315. The molecule has 1 aliphatic rings. The molecule has 23 heavy (non-hydrogen) atoms. The van der Waals surface area contributed by atoms with E-state index in [9.17, 15) is 4.79 Å². The third kappa shape index (κ3) is 4.75. The molecule has 0 unspecified atom stereocenters. The van der Waals surface area contributed by atoms with Crippen LogP contribution >= 0.6 is 23.2 Å². The molecule has 0 fully saturated rings. The van der Waals surface area contributed by atoms with Crippen LogP contribution in [-0.2, 0) is 4.79 Å². The van der Waals surface area contributed by atoms with Gasteiger partial charge >= 0.3 is 5.97 Å². The van der Waals surface area contributed by atoms with Crippen LogP contribution in [0.15, 0.2) is 53.2 Å². The van der Waals surface area contributed by atoms with Gasteiger partial charge in [-0.1, -0.05) is 41.4 Å². The molecule has 0 aromatic heterocycles. The van der Waals surface area contributed by atoms with Gasteiger partial charge in [0.05, 0.1) is 5.02 Å². The predicted octanol–water partition coefficient (Wildman–Crippen LogP) is 5.30. The molecule has 1 aliphatic heterocycles. The summed E-state index contributed by atoms with van der Waals surface area (Å²) in [5, 5.41) is 9.72. The summed E-state index contributed by atoms with van der Waals surface area (Å²) >= 11 is 12.1. The summed E-state index contributed by atoms with van der Waals surface area (Å²) in [7, 11) is 0. The Morgan fingerprint density at radius 3 is 2.74 bits per heavy atom. The van der Waals surface area contributed by atoms with Gasteiger partial charge in [0.1, 0.15) is 12.4 Å². The monoisotopic (exact) mass is 350 g/mol. The van der Waals surface area contributed by atoms with E-state index in [2.05, 4.69) is 0 Å². The number of carboxylic acids is 1. The highest BCUT2D eigenvalue weighted by molar-refractivity contribution is 6.36. The molecular weight excluding hydrogens is 335 g/mol. The molecule has 1 heterocycles. The second kappa shape index (κ2) is 7.53. The number of fused-ring (bicyclic) bond motifs is 1. The lowest BCUT2D eigenvalue weighted by atomic mass is 10.0. The molecule has 2 rings (SSSR count). The van der Waals surface area contributed by atoms with E-state index in [4.69, 9.17) is 33.0 Å². The predicted molar refractivity (Wildman–Crippen MR) is 94.2 cm³/mol. The van der Waals surface area contributed by atoms with Crippen molar-refractivity contribution < 1.29 is 14.6 Å². The second-order valence-electron chi connectivity index (χ2n) is 5.20. The molecule has 0 spiro atoms. The van der Waals surface area contributed by atoms with Gasteiger partial charge in [-0.25, -0.2) is 4.79 Å². The van der Waals surface area contributed by atoms with Crippen molar-refractivity contribution in [2.75, 3.05) is 6.61 Å². The van der Waals surface area contributed by atoms with Crippen LogP contribution in [-0.4, -0.2) is 17.7 Å². The van der Waals surface area contributed by atoms with Crippen molar-refractivity contribution in [3.8, 4) is 5.75 Å². The molecule has 120 valence electrons. The number of hydrogen-bond donors (Lipinski definition) is 1. The van der Waals surface area contributed by atoms with Gasteiger partial charge in [0.25, 0.3) is 0 Å². The minimum Gasteiger partial charge on any atom is -0.487 e. The number of halogens is 2. The summed E-state index contributed by atoms with van der Waals surface area (Å²) in [6.07, 6.45) is 8.61. The molecule has 3 nitrogen and oxygen atoms in total. The van der Waals surface area contributed by atoms with Gasteiger partial charge in [0.15, 0.2) is 0 Å². The summed E-state index contributed by atoms with van der Waals surface area (Å²) in [5.41, 5.74) is 3.55. The maximum Gasteiger partial charge on any atom is 0.328 e. The largest absolute Gasteiger partial charge is 0.487 e. The number of ether oxygens (including phenoxy) is 1. The fourth-order valence-corrected chi connectivity index (χ4v) is 2.70. The average molecular weight is 351 g/mol. The highest BCUT2D eigenvalue weighted by Gasteiger charge is 2.16. The fourth-order valence-electron chi connectivity index (χ4n) is 2.14. The Morgan fingerprint density at radius 2 is 2.04 bits per heavy atom. The van der Waals surface area contributed by atoms with Crippen molar-refractivity contribution in [2.45, 2.75) is 13.8 Å². The van der Waals surface area contributed by atoms with Crippen molar-refractivity contribution in [3.63, 3.8) is 0 Å². The van der Waals surface area contributed by atoms with Crippen LogP contribution in [0.2, 0.25) is 10.0 Å². The van der Waals surface area contributed by atoms with Gasteiger partial charge in [-0.15, -0.1) is 0 Å². The highest BCUT2D eigenvalue weighted by atomic mass is 35.5. The minimum atomic E-state index is -0.957. The van der Waals surface area contributed by atoms with Gasteiger partial charge in [0, 0.05) is 16.7 Å². The van der Waals surface area contributed by atoms with E-state index >= 15 is 0 Å². The van der Waals surface area contributed by atoms with Gasteiger partial charge in [-0.05, 0) is 48.8 Å². The van der Waals surface area contributed by atoms with Crippen LogP contribution in [0.25, 0.3) is 6.08 Å². The number of benzene rings is 1. The quantitative estimate of drug-likeness (QED) is 0.591. The number of aliphatic carboxylic acids is 1. The van der Waals surface area contributed by atoms with Crippen molar-refractivity contribution >= 4 is 35.2 Å². The van der Waals surface area contributed by atoms with Gasteiger partial charge in [0.2, 0.25) is 0 Å². The number of allylic oxidation sites excluding steroid dienone is 4. The normalized spacial score (nSPS) is 15.2. The van der Waals surface area contributed by atoms with E-state index in [1.807, 2.05) is 31.2 Å². The molecule has 1 aromatic rings. The number of hydrogen-bond acceptors (Lipinski definition) is 2. The van der Waals surface area contributed by atoms with E-state index in [-0.39, 0.29) is 0 Å². The lowest BCUT2D eigenvalue weighted by Gasteiger charge is -2.19. The van der Waals surface area contributed by atoms with Crippen LogP contribution in [0.5, 0.6) is 5.75 Å². The SMILES string of the molecule is CC(C=CC=C(C)C1=Cc2cc(Cl)cc(Cl)c2OC1)=CC(=O)O. The fraction of sp³-hybridized carbons (Fsp3) is 0.167. The van der Waals surface area contributed by atoms with Crippen LogP contribution in [0.4, 0.5) is 0 Å². The summed E-state index contributed by atoms with van der Waals surface area (Å²) in [6, 6.07) is 3.47. The molecule has 0 saturated carbocycles. The van der Waals surface area contributed by atoms with Crippen LogP contribution in [0.1, 0.15) is 19.4 Å². The molecule has 5 heteroatoms. The Bertz CT molecular complexity index is 756. The Balaban J connectivity index is 2.22. The van der Waals surface area contributed by atoms with E-state index in [0.29, 0.717) is 28.0 Å². The Hall–Kier alpha value is -1.97. The van der Waals surface area contributed by atoms with Crippen molar-refractivity contribution in [1.29, 1.82) is 0 Å². The summed E-state index contributed by atoms with van der Waals surface area (Å²) < 4.78 is 5.71. The maximum absolute atomic E-state index is 10.6. The molecule has 1 N–H and O–H groups in total. The molecule has 0 radical (unpaired) electrons. The zero-order valence-corrected chi connectivity index (χ0v) is 14.3. The van der Waals surface area contributed by atoms with Crippen LogP contribution in [0, 0.1) is 0 Å². The zero-order chi connectivity index (χ0) is 17.0. The Kier molecular flexibility index (Phi) is 5.69. The topological polar surface area (TPSA) is 46.5 Å². The zero-order valence-electron chi connectivity index (χ0n) is 12.8. The second-order valence-corrected chi connectivity index (χ2v) is 6.04. The molecular formula is C18H16Cl2O3. The Labute approximate surface area is 145 Å². The molecule has 0 aliphatic carbocycles. The standard InChI is InChI=1S/C18H16Cl2O3/c1-11(6-17(21)22)4-3-5-12(2)14-7-13-8-15(19)9-16(20)18(13)23-10-14/h3-9H,10H2,1-2H3,(H,21,22). The van der Waals surface area contributed by atoms with Crippen LogP contribution in [0.3, 0.4) is 0 Å². The lowest BCUT2D eigenvalue weighted by Crippen LogP contribution is -2.08. The van der Waals surface area contributed by atoms with Crippen molar-refractivity contribution in [1.82, 2.24) is 0 Å². The first-order valence-electron chi connectivity index (χ1n) is 6.96. The van der Waals surface area contributed by atoms with Gasteiger partial charge in [-0.2, -0.15) is 0 Å². The minimum absolute atomic E-state index is 0.425. The highest BCUT2D eigenvalue weighted by Crippen LogP contribution is 2.37. The average Bonchev–Trinajstić information content (AvgIpc) is 2.45. The van der Waals surface area contributed by atoms with Gasteiger partial charge in [-0.3, -0.25) is 0 Å².